The number of guanidine groups is 1. The van der Waals surface area contributed by atoms with E-state index in [-0.39, 0.29) is 30.1 Å². The summed E-state index contributed by atoms with van der Waals surface area (Å²) in [6, 6.07) is 1.91. The van der Waals surface area contributed by atoms with Crippen molar-refractivity contribution in [3.8, 4) is 0 Å². The van der Waals surface area contributed by atoms with Gasteiger partial charge in [0.05, 0.1) is 5.69 Å². The van der Waals surface area contributed by atoms with Gasteiger partial charge in [-0.1, -0.05) is 10.3 Å². The van der Waals surface area contributed by atoms with Gasteiger partial charge in [-0.3, -0.25) is 4.90 Å². The van der Waals surface area contributed by atoms with E-state index in [1.165, 1.54) is 0 Å². The molecule has 1 aliphatic heterocycles. The smallest absolute Gasteiger partial charge is 0.248 e. The minimum Gasteiger partial charge on any atom is -0.371 e. The van der Waals surface area contributed by atoms with Crippen molar-refractivity contribution in [3.05, 3.63) is 29.7 Å². The fourth-order valence-corrected chi connectivity index (χ4v) is 3.06. The van der Waals surface area contributed by atoms with Gasteiger partial charge in [0.2, 0.25) is 5.89 Å². The van der Waals surface area contributed by atoms with Crippen LogP contribution in [0.3, 0.4) is 0 Å². The average Bonchev–Trinajstić information content (AvgIpc) is 3.38. The molecule has 1 atom stereocenters. The van der Waals surface area contributed by atoms with Crippen LogP contribution in [-0.2, 0) is 17.8 Å². The molecule has 0 bridgehead atoms. The number of piperazine rings is 1. The lowest BCUT2D eigenvalue weighted by Crippen LogP contribution is -2.52. The predicted octanol–water partition coefficient (Wildman–Crippen LogP) is 2.06. The molecular weight excluding hydrogens is 489 g/mol. The molecule has 1 unspecified atom stereocenters. The first-order chi connectivity index (χ1) is 13.7. The van der Waals surface area contributed by atoms with Gasteiger partial charge in [0, 0.05) is 51.9 Å². The van der Waals surface area contributed by atoms with E-state index in [4.69, 9.17) is 13.8 Å². The Bertz CT molecular complexity index is 730. The van der Waals surface area contributed by atoms with Gasteiger partial charge in [-0.2, -0.15) is 4.98 Å². The largest absolute Gasteiger partial charge is 0.371 e. The van der Waals surface area contributed by atoms with Gasteiger partial charge in [-0.25, -0.2) is 4.99 Å². The van der Waals surface area contributed by atoms with E-state index in [1.807, 2.05) is 19.9 Å². The topological polar surface area (TPSA) is 105 Å². The summed E-state index contributed by atoms with van der Waals surface area (Å²) in [5, 5.41) is 11.3. The van der Waals surface area contributed by atoms with E-state index in [0.29, 0.717) is 24.9 Å². The number of nitrogens with zero attached hydrogens (tertiary/aromatic N) is 6. The molecule has 0 radical (unpaired) electrons. The molecule has 0 spiro atoms. The molecule has 162 valence electrons. The van der Waals surface area contributed by atoms with Crippen molar-refractivity contribution < 1.29 is 13.8 Å². The Labute approximate surface area is 188 Å². The number of halogens is 1. The minimum absolute atomic E-state index is 0. The van der Waals surface area contributed by atoms with Crippen LogP contribution in [0.1, 0.15) is 44.3 Å². The van der Waals surface area contributed by atoms with Crippen molar-refractivity contribution >= 4 is 29.9 Å². The van der Waals surface area contributed by atoms with Gasteiger partial charge >= 0.3 is 0 Å². The maximum Gasteiger partial charge on any atom is 0.248 e. The zero-order valence-corrected chi connectivity index (χ0v) is 19.5. The zero-order valence-electron chi connectivity index (χ0n) is 17.2. The fraction of sp³-hybridized carbons (Fsp3) is 0.667. The Morgan fingerprint density at radius 1 is 1.28 bits per heavy atom. The maximum atomic E-state index is 5.49. The SMILES string of the molecule is CCNC(=NCc1nc(C(C)OCC)no1)N1CCN(Cc2ccon2)CC1.I. The van der Waals surface area contributed by atoms with Gasteiger partial charge in [0.1, 0.15) is 18.9 Å². The number of aliphatic imine (C=N–C) groups is 1. The standard InChI is InChI=1S/C18H29N7O3.HI/c1-4-19-18(20-12-16-21-17(23-28-16)14(3)26-5-2)25-9-7-24(8-10-25)13-15-6-11-27-22-15;/h6,11,14H,4-5,7-10,12-13H2,1-3H3,(H,19,20);1H. The molecule has 10 nitrogen and oxygen atoms in total. The van der Waals surface area contributed by atoms with Gasteiger partial charge in [0.15, 0.2) is 11.8 Å². The van der Waals surface area contributed by atoms with Crippen LogP contribution >= 0.6 is 24.0 Å². The fourth-order valence-electron chi connectivity index (χ4n) is 3.06. The Morgan fingerprint density at radius 2 is 2.07 bits per heavy atom. The van der Waals surface area contributed by atoms with E-state index in [0.717, 1.165) is 50.9 Å². The summed E-state index contributed by atoms with van der Waals surface area (Å²) in [7, 11) is 0. The Kier molecular flexibility index (Phi) is 9.81. The molecule has 1 fully saturated rings. The first-order valence-electron chi connectivity index (χ1n) is 9.78. The first kappa shape index (κ1) is 23.5. The van der Waals surface area contributed by atoms with Crippen molar-refractivity contribution in [2.75, 3.05) is 39.3 Å². The van der Waals surface area contributed by atoms with E-state index in [9.17, 15) is 0 Å². The van der Waals surface area contributed by atoms with Crippen LogP contribution in [0.5, 0.6) is 0 Å². The molecule has 29 heavy (non-hydrogen) atoms. The van der Waals surface area contributed by atoms with E-state index < -0.39 is 0 Å². The summed E-state index contributed by atoms with van der Waals surface area (Å²) < 4.78 is 15.7. The Morgan fingerprint density at radius 3 is 2.72 bits per heavy atom. The molecule has 0 aromatic carbocycles. The lowest BCUT2D eigenvalue weighted by atomic mass is 10.3. The molecule has 1 aliphatic rings. The summed E-state index contributed by atoms with van der Waals surface area (Å²) in [5.74, 6) is 1.90. The quantitative estimate of drug-likeness (QED) is 0.319. The molecule has 11 heteroatoms. The molecule has 0 saturated carbocycles. The minimum atomic E-state index is -0.183. The van der Waals surface area contributed by atoms with Crippen molar-refractivity contribution in [2.24, 2.45) is 4.99 Å². The molecular formula is C18H30IN7O3. The molecule has 0 aliphatic carbocycles. The van der Waals surface area contributed by atoms with Crippen molar-refractivity contribution in [3.63, 3.8) is 0 Å². The Hall–Kier alpha value is -1.73. The summed E-state index contributed by atoms with van der Waals surface area (Å²) in [5.41, 5.74) is 0.961. The highest BCUT2D eigenvalue weighted by Crippen LogP contribution is 2.13. The monoisotopic (exact) mass is 519 g/mol. The summed E-state index contributed by atoms with van der Waals surface area (Å²) >= 11 is 0. The summed E-state index contributed by atoms with van der Waals surface area (Å²) in [4.78, 5) is 13.7. The van der Waals surface area contributed by atoms with Crippen LogP contribution in [0.2, 0.25) is 0 Å². The number of hydrogen-bond acceptors (Lipinski definition) is 8. The molecule has 3 heterocycles. The lowest BCUT2D eigenvalue weighted by Gasteiger charge is -2.36. The third kappa shape index (κ3) is 6.93. The lowest BCUT2D eigenvalue weighted by molar-refractivity contribution is 0.0683. The second kappa shape index (κ2) is 12.1. The van der Waals surface area contributed by atoms with Crippen LogP contribution in [-0.4, -0.2) is 70.4 Å². The number of rotatable bonds is 8. The van der Waals surface area contributed by atoms with Gasteiger partial charge in [-0.15, -0.1) is 24.0 Å². The van der Waals surface area contributed by atoms with Crippen LogP contribution < -0.4 is 5.32 Å². The Balaban J connectivity index is 0.00000300. The number of ether oxygens (including phenoxy) is 1. The molecule has 1 saturated heterocycles. The van der Waals surface area contributed by atoms with Gasteiger partial charge in [-0.05, 0) is 20.8 Å². The second-order valence-corrected chi connectivity index (χ2v) is 6.57. The van der Waals surface area contributed by atoms with Gasteiger partial charge in [0.25, 0.3) is 0 Å². The van der Waals surface area contributed by atoms with Crippen molar-refractivity contribution in [1.29, 1.82) is 0 Å². The van der Waals surface area contributed by atoms with Crippen LogP contribution in [0.25, 0.3) is 0 Å². The van der Waals surface area contributed by atoms with E-state index >= 15 is 0 Å². The average molecular weight is 519 g/mol. The zero-order chi connectivity index (χ0) is 19.8. The molecule has 1 N–H and O–H groups in total. The highest BCUT2D eigenvalue weighted by Gasteiger charge is 2.21. The van der Waals surface area contributed by atoms with Gasteiger partial charge < -0.3 is 24.0 Å². The number of hydrogen-bond donors (Lipinski definition) is 1. The van der Waals surface area contributed by atoms with E-state index in [1.54, 1.807) is 6.26 Å². The highest BCUT2D eigenvalue weighted by atomic mass is 127. The number of nitrogens with one attached hydrogen (secondary N) is 1. The number of aromatic nitrogens is 3. The third-order valence-electron chi connectivity index (χ3n) is 4.51. The molecule has 0 amide bonds. The maximum absolute atomic E-state index is 5.49. The molecule has 2 aromatic heterocycles. The first-order valence-corrected chi connectivity index (χ1v) is 9.78. The van der Waals surface area contributed by atoms with Crippen LogP contribution in [0, 0.1) is 0 Å². The normalized spacial score (nSPS) is 16.5. The summed E-state index contributed by atoms with van der Waals surface area (Å²) in [6.45, 7) is 12.1. The molecule has 2 aromatic rings. The van der Waals surface area contributed by atoms with Crippen LogP contribution in [0.15, 0.2) is 26.4 Å². The second-order valence-electron chi connectivity index (χ2n) is 6.57. The van der Waals surface area contributed by atoms with E-state index in [2.05, 4.69) is 42.3 Å². The molecule has 3 rings (SSSR count). The van der Waals surface area contributed by atoms with Crippen molar-refractivity contribution in [1.82, 2.24) is 30.4 Å². The third-order valence-corrected chi connectivity index (χ3v) is 4.51. The summed E-state index contributed by atoms with van der Waals surface area (Å²) in [6.07, 6.45) is 1.43. The van der Waals surface area contributed by atoms with Crippen molar-refractivity contribution in [2.45, 2.75) is 40.0 Å². The predicted molar refractivity (Wildman–Crippen MR) is 118 cm³/mol. The van der Waals surface area contributed by atoms with Crippen LogP contribution in [0.4, 0.5) is 0 Å². The highest BCUT2D eigenvalue weighted by molar-refractivity contribution is 14.0.